The monoisotopic (exact) mass is 302 g/mol. The average Bonchev–Trinajstić information content (AvgIpc) is 2.88. The van der Waals surface area contributed by atoms with Crippen LogP contribution in [0.2, 0.25) is 0 Å². The minimum absolute atomic E-state index is 0.350. The summed E-state index contributed by atoms with van der Waals surface area (Å²) in [5.74, 6) is 1.31. The maximum atomic E-state index is 9.05. The van der Waals surface area contributed by atoms with Gasteiger partial charge in [-0.15, -0.1) is 11.3 Å². The van der Waals surface area contributed by atoms with Crippen LogP contribution in [0.5, 0.6) is 5.75 Å². The van der Waals surface area contributed by atoms with Crippen LogP contribution in [0.25, 0.3) is 0 Å². The number of rotatable bonds is 6. The van der Waals surface area contributed by atoms with Crippen molar-refractivity contribution in [2.45, 2.75) is 33.0 Å². The number of benzene rings is 1. The van der Waals surface area contributed by atoms with E-state index in [0.29, 0.717) is 29.7 Å². The summed E-state index contributed by atoms with van der Waals surface area (Å²) in [4.78, 5) is 4.97. The molecule has 1 aromatic heterocycles. The number of methoxy groups -OCH3 is 1. The summed E-state index contributed by atoms with van der Waals surface area (Å²) >= 11 is 1.35. The first-order valence-electron chi connectivity index (χ1n) is 6.74. The molecule has 0 aliphatic carbocycles. The normalized spacial score (nSPS) is 10.6. The Morgan fingerprint density at radius 3 is 2.52 bits per heavy atom. The third kappa shape index (κ3) is 4.03. The van der Waals surface area contributed by atoms with Crippen LogP contribution in [0.1, 0.15) is 40.9 Å². The Kier molecular flexibility index (Phi) is 5.32. The Hall–Kier alpha value is -1.90. The molecule has 0 spiro atoms. The Morgan fingerprint density at radius 2 is 1.95 bits per heavy atom. The quantitative estimate of drug-likeness (QED) is 0.813. The van der Waals surface area contributed by atoms with Gasteiger partial charge >= 0.3 is 0 Å². The van der Waals surface area contributed by atoms with Gasteiger partial charge in [-0.25, -0.2) is 4.98 Å². The first kappa shape index (κ1) is 15.5. The Morgan fingerprint density at radius 1 is 1.24 bits per heavy atom. The van der Waals surface area contributed by atoms with E-state index in [1.165, 1.54) is 16.9 Å². The maximum absolute atomic E-state index is 9.05. The third-order valence-corrected chi connectivity index (χ3v) is 4.01. The van der Waals surface area contributed by atoms with Gasteiger partial charge in [0, 0.05) is 7.11 Å². The molecule has 0 aliphatic rings. The number of aromatic nitrogens is 1. The van der Waals surface area contributed by atoms with Crippen molar-refractivity contribution in [1.29, 1.82) is 5.26 Å². The van der Waals surface area contributed by atoms with Gasteiger partial charge in [0.05, 0.1) is 12.3 Å². The lowest BCUT2D eigenvalue weighted by Crippen LogP contribution is -1.96. The molecule has 0 N–H and O–H groups in total. The van der Waals surface area contributed by atoms with Gasteiger partial charge in [-0.3, -0.25) is 0 Å². The van der Waals surface area contributed by atoms with Crippen molar-refractivity contribution in [2.24, 2.45) is 0 Å². The Bertz CT molecular complexity index is 627. The van der Waals surface area contributed by atoms with Gasteiger partial charge in [0.15, 0.2) is 0 Å². The summed E-state index contributed by atoms with van der Waals surface area (Å²) in [5, 5.41) is 9.83. The second kappa shape index (κ2) is 7.21. The summed E-state index contributed by atoms with van der Waals surface area (Å²) in [6, 6.07) is 10.2. The van der Waals surface area contributed by atoms with Gasteiger partial charge in [0.1, 0.15) is 28.3 Å². The molecule has 0 aliphatic heterocycles. The topological polar surface area (TPSA) is 55.1 Å². The van der Waals surface area contributed by atoms with E-state index < -0.39 is 0 Å². The van der Waals surface area contributed by atoms with Crippen LogP contribution >= 0.6 is 11.3 Å². The van der Waals surface area contributed by atoms with Gasteiger partial charge < -0.3 is 9.47 Å². The van der Waals surface area contributed by atoms with Crippen molar-refractivity contribution in [3.8, 4) is 11.8 Å². The number of nitriles is 1. The summed E-state index contributed by atoms with van der Waals surface area (Å²) < 4.78 is 10.7. The molecule has 21 heavy (non-hydrogen) atoms. The predicted octanol–water partition coefficient (Wildman–Crippen LogP) is 3.86. The lowest BCUT2D eigenvalue weighted by molar-refractivity contribution is 0.181. The molecule has 0 radical (unpaired) electrons. The summed E-state index contributed by atoms with van der Waals surface area (Å²) in [5.41, 5.74) is 1.96. The van der Waals surface area contributed by atoms with Gasteiger partial charge in [-0.05, 0) is 23.6 Å². The highest BCUT2D eigenvalue weighted by Gasteiger charge is 2.11. The van der Waals surface area contributed by atoms with Gasteiger partial charge in [0.2, 0.25) is 0 Å². The van der Waals surface area contributed by atoms with E-state index in [2.05, 4.69) is 37.0 Å². The SMILES string of the molecule is COCc1nc(COc2ccc(C(C)C)cc2)sc1C#N. The molecule has 0 saturated heterocycles. The summed E-state index contributed by atoms with van der Waals surface area (Å²) in [6.07, 6.45) is 0. The first-order chi connectivity index (χ1) is 10.1. The number of hydrogen-bond acceptors (Lipinski definition) is 5. The zero-order valence-corrected chi connectivity index (χ0v) is 13.2. The molecule has 0 bridgehead atoms. The standard InChI is InChI=1S/C16H18N2O2S/c1-11(2)12-4-6-13(7-5-12)20-10-16-18-14(9-19-3)15(8-17)21-16/h4-7,11H,9-10H2,1-3H3. The van der Waals surface area contributed by atoms with Crippen LogP contribution < -0.4 is 4.74 Å². The second-order valence-electron chi connectivity index (χ2n) is 4.94. The molecule has 2 rings (SSSR count). The second-order valence-corrected chi connectivity index (χ2v) is 6.02. The first-order valence-corrected chi connectivity index (χ1v) is 7.56. The summed E-state index contributed by atoms with van der Waals surface area (Å²) in [6.45, 7) is 5.03. The van der Waals surface area contributed by atoms with Crippen LogP contribution in [0.15, 0.2) is 24.3 Å². The molecular weight excluding hydrogens is 284 g/mol. The van der Waals surface area contributed by atoms with Crippen LogP contribution in [0.3, 0.4) is 0 Å². The van der Waals surface area contributed by atoms with E-state index in [0.717, 1.165) is 10.8 Å². The molecule has 110 valence electrons. The molecular formula is C16H18N2O2S. The van der Waals surface area contributed by atoms with Crippen molar-refractivity contribution in [3.63, 3.8) is 0 Å². The number of ether oxygens (including phenoxy) is 2. The fraction of sp³-hybridized carbons (Fsp3) is 0.375. The largest absolute Gasteiger partial charge is 0.486 e. The van der Waals surface area contributed by atoms with Crippen LogP contribution in [-0.2, 0) is 18.0 Å². The molecule has 0 saturated carbocycles. The van der Waals surface area contributed by atoms with Gasteiger partial charge in [-0.1, -0.05) is 26.0 Å². The van der Waals surface area contributed by atoms with Gasteiger partial charge in [-0.2, -0.15) is 5.26 Å². The minimum Gasteiger partial charge on any atom is -0.486 e. The molecule has 0 amide bonds. The third-order valence-electron chi connectivity index (χ3n) is 3.03. The fourth-order valence-corrected chi connectivity index (χ4v) is 2.66. The molecule has 0 fully saturated rings. The lowest BCUT2D eigenvalue weighted by atomic mass is 10.0. The van der Waals surface area contributed by atoms with Crippen LogP contribution in [0.4, 0.5) is 0 Å². The molecule has 1 heterocycles. The average molecular weight is 302 g/mol. The van der Waals surface area contributed by atoms with E-state index >= 15 is 0 Å². The number of thiazole rings is 1. The molecule has 2 aromatic rings. The number of hydrogen-bond donors (Lipinski definition) is 0. The van der Waals surface area contributed by atoms with Gasteiger partial charge in [0.25, 0.3) is 0 Å². The highest BCUT2D eigenvalue weighted by atomic mass is 32.1. The highest BCUT2D eigenvalue weighted by molar-refractivity contribution is 7.12. The van der Waals surface area contributed by atoms with Crippen molar-refractivity contribution in [3.05, 3.63) is 45.4 Å². The van der Waals surface area contributed by atoms with Crippen molar-refractivity contribution >= 4 is 11.3 Å². The molecule has 1 aromatic carbocycles. The molecule has 0 unspecified atom stereocenters. The number of nitrogens with zero attached hydrogens (tertiary/aromatic N) is 2. The zero-order chi connectivity index (χ0) is 15.2. The fourth-order valence-electron chi connectivity index (χ4n) is 1.88. The van der Waals surface area contributed by atoms with Crippen molar-refractivity contribution in [1.82, 2.24) is 4.98 Å². The maximum Gasteiger partial charge on any atom is 0.140 e. The molecule has 5 heteroatoms. The smallest absolute Gasteiger partial charge is 0.140 e. The van der Waals surface area contributed by atoms with Crippen molar-refractivity contribution < 1.29 is 9.47 Å². The molecule has 0 atom stereocenters. The lowest BCUT2D eigenvalue weighted by Gasteiger charge is -2.07. The Labute approximate surface area is 129 Å². The summed E-state index contributed by atoms with van der Waals surface area (Å²) in [7, 11) is 1.59. The Balaban J connectivity index is 2.01. The van der Waals surface area contributed by atoms with E-state index in [1.807, 2.05) is 12.1 Å². The predicted molar refractivity (Wildman–Crippen MR) is 82.4 cm³/mol. The van der Waals surface area contributed by atoms with E-state index in [4.69, 9.17) is 14.7 Å². The van der Waals surface area contributed by atoms with E-state index in [-0.39, 0.29) is 0 Å². The zero-order valence-electron chi connectivity index (χ0n) is 12.4. The van der Waals surface area contributed by atoms with E-state index in [1.54, 1.807) is 7.11 Å². The highest BCUT2D eigenvalue weighted by Crippen LogP contribution is 2.22. The molecule has 4 nitrogen and oxygen atoms in total. The van der Waals surface area contributed by atoms with Crippen LogP contribution in [0, 0.1) is 11.3 Å². The van der Waals surface area contributed by atoms with Crippen molar-refractivity contribution in [2.75, 3.05) is 7.11 Å². The minimum atomic E-state index is 0.350. The van der Waals surface area contributed by atoms with Crippen LogP contribution in [-0.4, -0.2) is 12.1 Å². The van der Waals surface area contributed by atoms with E-state index in [9.17, 15) is 0 Å².